The number of aliphatic hydroxyl groups excluding tert-OH is 1. The summed E-state index contributed by atoms with van der Waals surface area (Å²) in [6.07, 6.45) is 6.05. The second-order valence-corrected chi connectivity index (χ2v) is 7.98. The van der Waals surface area contributed by atoms with Gasteiger partial charge in [-0.3, -0.25) is 0 Å². The Balaban J connectivity index is 1.98. The van der Waals surface area contributed by atoms with Gasteiger partial charge in [0.1, 0.15) is 0 Å². The number of rotatable bonds is 1. The Morgan fingerprint density at radius 3 is 2.23 bits per heavy atom. The third-order valence-corrected chi connectivity index (χ3v) is 6.05. The van der Waals surface area contributed by atoms with E-state index < -0.39 is 0 Å². The van der Waals surface area contributed by atoms with Gasteiger partial charge in [-0.15, -0.1) is 0 Å². The summed E-state index contributed by atoms with van der Waals surface area (Å²) in [7, 11) is 2.08. The SMILES string of the molecule is Cc1c(C)c2c(C)c3nc(cc4ccc(cc5nc(cc1n2C)C=C5)[nH]4)C=C3CO. The van der Waals surface area contributed by atoms with E-state index in [4.69, 9.17) is 9.97 Å². The molecule has 2 aliphatic heterocycles. The molecule has 0 radical (unpaired) electrons. The highest BCUT2D eigenvalue weighted by Crippen LogP contribution is 2.30. The summed E-state index contributed by atoms with van der Waals surface area (Å²) in [6.45, 7) is 6.33. The normalized spacial score (nSPS) is 13.0. The van der Waals surface area contributed by atoms with Gasteiger partial charge >= 0.3 is 0 Å². The lowest BCUT2D eigenvalue weighted by molar-refractivity contribution is 0.350. The van der Waals surface area contributed by atoms with Crippen LogP contribution in [0, 0.1) is 20.8 Å². The Hall–Kier alpha value is -3.44. The van der Waals surface area contributed by atoms with E-state index in [0.29, 0.717) is 0 Å². The second kappa shape index (κ2) is 6.82. The van der Waals surface area contributed by atoms with Gasteiger partial charge < -0.3 is 14.7 Å². The molecule has 0 unspecified atom stereocenters. The number of aromatic amines is 1. The number of H-pyrrole nitrogens is 1. The predicted molar refractivity (Wildman–Crippen MR) is 124 cm³/mol. The van der Waals surface area contributed by atoms with Crippen molar-refractivity contribution in [3.63, 3.8) is 0 Å². The molecule has 0 amide bonds. The average Bonchev–Trinajstić information content (AvgIpc) is 3.48. The maximum atomic E-state index is 9.98. The number of hydrogen-bond acceptors (Lipinski definition) is 3. The fraction of sp³-hybridized carbons (Fsp3) is 0.200. The van der Waals surface area contributed by atoms with Crippen LogP contribution in [0.1, 0.15) is 39.5 Å². The topological polar surface area (TPSA) is 66.7 Å². The number of aliphatic hydroxyl groups is 1. The van der Waals surface area contributed by atoms with Gasteiger partial charge in [0.15, 0.2) is 0 Å². The van der Waals surface area contributed by atoms with E-state index in [1.165, 1.54) is 11.1 Å². The van der Waals surface area contributed by atoms with Crippen molar-refractivity contribution >= 4 is 45.9 Å². The first-order valence-electron chi connectivity index (χ1n) is 10.1. The molecule has 0 spiro atoms. The second-order valence-electron chi connectivity index (χ2n) is 7.98. The van der Waals surface area contributed by atoms with Crippen molar-refractivity contribution in [1.29, 1.82) is 0 Å². The molecule has 0 aliphatic carbocycles. The molecule has 2 N–H and O–H groups in total. The van der Waals surface area contributed by atoms with Gasteiger partial charge in [0.05, 0.1) is 29.4 Å². The highest BCUT2D eigenvalue weighted by atomic mass is 16.3. The lowest BCUT2D eigenvalue weighted by Crippen LogP contribution is -1.95. The summed E-state index contributed by atoms with van der Waals surface area (Å²) in [5.41, 5.74) is 12.1. The lowest BCUT2D eigenvalue weighted by atomic mass is 10.1. The first kappa shape index (κ1) is 18.6. The Kier molecular flexibility index (Phi) is 4.22. The van der Waals surface area contributed by atoms with E-state index in [2.05, 4.69) is 43.4 Å². The fourth-order valence-electron chi connectivity index (χ4n) is 4.45. The van der Waals surface area contributed by atoms with Crippen LogP contribution in [0.3, 0.4) is 0 Å². The van der Waals surface area contributed by atoms with Crippen molar-refractivity contribution in [2.75, 3.05) is 6.61 Å². The highest BCUT2D eigenvalue weighted by molar-refractivity contribution is 5.88. The molecule has 3 aromatic heterocycles. The third-order valence-electron chi connectivity index (χ3n) is 6.05. The van der Waals surface area contributed by atoms with Crippen molar-refractivity contribution in [3.05, 3.63) is 69.8 Å². The number of nitrogens with one attached hydrogen (secondary N) is 1. The van der Waals surface area contributed by atoms with Gasteiger partial charge in [0.2, 0.25) is 0 Å². The number of hydrogen-bond donors (Lipinski definition) is 2. The Morgan fingerprint density at radius 1 is 0.867 bits per heavy atom. The summed E-state index contributed by atoms with van der Waals surface area (Å²) in [5, 5.41) is 9.98. The first-order chi connectivity index (χ1) is 14.4. The van der Waals surface area contributed by atoms with Crippen LogP contribution < -0.4 is 0 Å². The van der Waals surface area contributed by atoms with Crippen LogP contribution in [0.5, 0.6) is 0 Å². The molecule has 30 heavy (non-hydrogen) atoms. The molecule has 5 rings (SSSR count). The molecular weight excluding hydrogens is 372 g/mol. The van der Waals surface area contributed by atoms with Gasteiger partial charge in [-0.1, -0.05) is 0 Å². The molecule has 3 aromatic rings. The molecule has 5 nitrogen and oxygen atoms in total. The summed E-state index contributed by atoms with van der Waals surface area (Å²) in [5.74, 6) is 0. The van der Waals surface area contributed by atoms with Crippen LogP contribution in [-0.4, -0.2) is 31.2 Å². The summed E-state index contributed by atoms with van der Waals surface area (Å²) >= 11 is 0. The molecule has 0 atom stereocenters. The third kappa shape index (κ3) is 2.90. The van der Waals surface area contributed by atoms with Crippen molar-refractivity contribution in [2.24, 2.45) is 7.05 Å². The number of aryl methyl sites for hydroxylation is 4. The Morgan fingerprint density at radius 2 is 1.53 bits per heavy atom. The zero-order valence-corrected chi connectivity index (χ0v) is 17.6. The van der Waals surface area contributed by atoms with Crippen molar-refractivity contribution in [1.82, 2.24) is 19.5 Å². The molecule has 2 aliphatic rings. The van der Waals surface area contributed by atoms with Crippen molar-refractivity contribution in [2.45, 2.75) is 20.8 Å². The van der Waals surface area contributed by atoms with E-state index in [9.17, 15) is 5.11 Å². The molecule has 0 saturated carbocycles. The maximum Gasteiger partial charge on any atom is 0.0742 e. The van der Waals surface area contributed by atoms with Gasteiger partial charge in [-0.2, -0.15) is 0 Å². The Labute approximate surface area is 175 Å². The fourth-order valence-corrected chi connectivity index (χ4v) is 4.45. The van der Waals surface area contributed by atoms with Gasteiger partial charge in [-0.25, -0.2) is 9.97 Å². The minimum Gasteiger partial charge on any atom is -0.392 e. The van der Waals surface area contributed by atoms with E-state index in [1.54, 1.807) is 0 Å². The van der Waals surface area contributed by atoms with E-state index in [1.807, 2.05) is 42.5 Å². The number of nitrogens with zero attached hydrogens (tertiary/aromatic N) is 3. The molecule has 5 heterocycles. The van der Waals surface area contributed by atoms with Gasteiger partial charge in [0.25, 0.3) is 0 Å². The standard InChI is InChI=1S/C25H24N4O/c1-14-15(2)25-16(3)24-17(13-30)9-22(28-24)11-20-6-5-18(26-20)10-19-7-8-21(27-19)12-23(14)29(25)4/h5-12,26,30H,13H2,1-4H3. The summed E-state index contributed by atoms with van der Waals surface area (Å²) < 4.78 is 2.21. The van der Waals surface area contributed by atoms with Gasteiger partial charge in [-0.05, 0) is 86.0 Å². The molecule has 5 heteroatoms. The smallest absolute Gasteiger partial charge is 0.0742 e. The van der Waals surface area contributed by atoms with Gasteiger partial charge in [0, 0.05) is 34.7 Å². The predicted octanol–water partition coefficient (Wildman–Crippen LogP) is 4.95. The van der Waals surface area contributed by atoms with E-state index >= 15 is 0 Å². The molecule has 150 valence electrons. The molecule has 0 aromatic carbocycles. The number of fused-ring (bicyclic) bond motifs is 8. The monoisotopic (exact) mass is 396 g/mol. The quantitative estimate of drug-likeness (QED) is 0.478. The Bertz CT molecular complexity index is 1420. The van der Waals surface area contributed by atoms with Crippen LogP contribution in [0.15, 0.2) is 30.3 Å². The van der Waals surface area contributed by atoms with E-state index in [0.717, 1.165) is 56.0 Å². The van der Waals surface area contributed by atoms with Crippen molar-refractivity contribution in [3.8, 4) is 0 Å². The van der Waals surface area contributed by atoms with Crippen LogP contribution in [-0.2, 0) is 7.05 Å². The summed E-state index contributed by atoms with van der Waals surface area (Å²) in [6, 6.07) is 10.2. The highest BCUT2D eigenvalue weighted by Gasteiger charge is 2.17. The zero-order valence-electron chi connectivity index (χ0n) is 17.6. The zero-order chi connectivity index (χ0) is 21.0. The van der Waals surface area contributed by atoms with Crippen LogP contribution in [0.25, 0.3) is 45.9 Å². The molecule has 0 saturated heterocycles. The average molecular weight is 396 g/mol. The minimum atomic E-state index is -0.0430. The lowest BCUT2D eigenvalue weighted by Gasteiger charge is -2.05. The largest absolute Gasteiger partial charge is 0.392 e. The minimum absolute atomic E-state index is 0.0430. The maximum absolute atomic E-state index is 9.98. The molecular formula is C25H24N4O. The van der Waals surface area contributed by atoms with Crippen molar-refractivity contribution < 1.29 is 5.11 Å². The van der Waals surface area contributed by atoms with E-state index in [-0.39, 0.29) is 6.61 Å². The van der Waals surface area contributed by atoms with Crippen LogP contribution >= 0.6 is 0 Å². The molecule has 0 fully saturated rings. The number of aromatic nitrogens is 4. The molecule has 8 bridgehead atoms. The van der Waals surface area contributed by atoms with Crippen LogP contribution in [0.2, 0.25) is 0 Å². The summed E-state index contributed by atoms with van der Waals surface area (Å²) in [4.78, 5) is 13.0. The van der Waals surface area contributed by atoms with Crippen LogP contribution in [0.4, 0.5) is 0 Å². The first-order valence-corrected chi connectivity index (χ1v) is 10.1.